The van der Waals surface area contributed by atoms with Crippen LogP contribution in [0.15, 0.2) is 30.3 Å². The first kappa shape index (κ1) is 16.8. The Balaban J connectivity index is 2.67. The van der Waals surface area contributed by atoms with Crippen LogP contribution in [0, 0.1) is 5.92 Å². The first-order valence-corrected chi connectivity index (χ1v) is 6.86. The Morgan fingerprint density at radius 2 is 1.76 bits per heavy atom. The summed E-state index contributed by atoms with van der Waals surface area (Å²) in [6.07, 6.45) is 2.58. The minimum atomic E-state index is -0.989. The van der Waals surface area contributed by atoms with Crippen molar-refractivity contribution in [2.45, 2.75) is 26.8 Å². The molecule has 2 N–H and O–H groups in total. The van der Waals surface area contributed by atoms with E-state index in [4.69, 9.17) is 5.11 Å². The van der Waals surface area contributed by atoms with Gasteiger partial charge in [-0.25, -0.2) is 9.59 Å². The molecule has 1 aromatic carbocycles. The Morgan fingerprint density at radius 3 is 2.24 bits per heavy atom. The van der Waals surface area contributed by atoms with Crippen LogP contribution in [0.25, 0.3) is 6.08 Å². The quantitative estimate of drug-likeness (QED) is 0.817. The fourth-order valence-electron chi connectivity index (χ4n) is 1.69. The Hall–Kier alpha value is -2.30. The summed E-state index contributed by atoms with van der Waals surface area (Å²) in [5, 5.41) is 11.4. The van der Waals surface area contributed by atoms with E-state index in [1.165, 1.54) is 6.08 Å². The number of hydrogen-bond acceptors (Lipinski definition) is 2. The number of carbonyl (C=O) groups is 2. The van der Waals surface area contributed by atoms with Crippen LogP contribution in [-0.4, -0.2) is 35.1 Å². The predicted molar refractivity (Wildman–Crippen MR) is 84.2 cm³/mol. The van der Waals surface area contributed by atoms with E-state index in [0.29, 0.717) is 11.6 Å². The van der Waals surface area contributed by atoms with E-state index in [0.717, 1.165) is 11.6 Å². The van der Waals surface area contributed by atoms with E-state index in [-0.39, 0.29) is 12.1 Å². The summed E-state index contributed by atoms with van der Waals surface area (Å²) in [7, 11) is 1.77. The van der Waals surface area contributed by atoms with Gasteiger partial charge >= 0.3 is 12.0 Å². The number of anilines is 1. The van der Waals surface area contributed by atoms with Crippen molar-refractivity contribution in [2.75, 3.05) is 12.4 Å². The second-order valence-corrected chi connectivity index (χ2v) is 5.32. The van der Waals surface area contributed by atoms with Gasteiger partial charge in [-0.3, -0.25) is 0 Å². The Morgan fingerprint density at radius 1 is 1.19 bits per heavy atom. The number of nitrogens with one attached hydrogen (secondary N) is 1. The van der Waals surface area contributed by atoms with Crippen molar-refractivity contribution in [1.29, 1.82) is 0 Å². The van der Waals surface area contributed by atoms with Crippen LogP contribution in [0.2, 0.25) is 0 Å². The summed E-state index contributed by atoms with van der Waals surface area (Å²) in [6, 6.07) is 6.97. The summed E-state index contributed by atoms with van der Waals surface area (Å²) >= 11 is 0. The van der Waals surface area contributed by atoms with Gasteiger partial charge in [0.2, 0.25) is 0 Å². The molecule has 0 aromatic heterocycles. The first-order valence-electron chi connectivity index (χ1n) is 6.86. The van der Waals surface area contributed by atoms with Crippen molar-refractivity contribution in [2.24, 2.45) is 5.92 Å². The maximum absolute atomic E-state index is 12.1. The summed E-state index contributed by atoms with van der Waals surface area (Å²) in [6.45, 7) is 6.14. The van der Waals surface area contributed by atoms with Crippen LogP contribution >= 0.6 is 0 Å². The smallest absolute Gasteiger partial charge is 0.328 e. The largest absolute Gasteiger partial charge is 0.478 e. The molecular weight excluding hydrogens is 268 g/mol. The molecule has 0 saturated carbocycles. The molecule has 0 radical (unpaired) electrons. The van der Waals surface area contributed by atoms with Gasteiger partial charge in [-0.15, -0.1) is 0 Å². The second kappa shape index (κ2) is 7.47. The summed E-state index contributed by atoms with van der Waals surface area (Å²) in [5.41, 5.74) is 1.44. The maximum Gasteiger partial charge on any atom is 0.328 e. The van der Waals surface area contributed by atoms with Crippen molar-refractivity contribution in [3.63, 3.8) is 0 Å². The highest BCUT2D eigenvalue weighted by atomic mass is 16.4. The molecule has 1 atom stereocenters. The van der Waals surface area contributed by atoms with Crippen LogP contribution < -0.4 is 5.32 Å². The first-order chi connectivity index (χ1) is 9.81. The minimum absolute atomic E-state index is 0.141. The molecule has 0 spiro atoms. The van der Waals surface area contributed by atoms with Crippen LogP contribution in [0.3, 0.4) is 0 Å². The van der Waals surface area contributed by atoms with Crippen molar-refractivity contribution >= 4 is 23.8 Å². The van der Waals surface area contributed by atoms with Gasteiger partial charge in [0, 0.05) is 24.9 Å². The molecule has 0 fully saturated rings. The molecule has 5 nitrogen and oxygen atoms in total. The lowest BCUT2D eigenvalue weighted by Gasteiger charge is -2.28. The van der Waals surface area contributed by atoms with E-state index in [9.17, 15) is 9.59 Å². The maximum atomic E-state index is 12.1. The topological polar surface area (TPSA) is 69.6 Å². The Kier molecular flexibility index (Phi) is 5.96. The molecule has 5 heteroatoms. The van der Waals surface area contributed by atoms with Gasteiger partial charge in [0.1, 0.15) is 0 Å². The number of urea groups is 1. The normalized spacial score (nSPS) is 12.4. The third-order valence-electron chi connectivity index (χ3n) is 3.48. The Labute approximate surface area is 125 Å². The highest BCUT2D eigenvalue weighted by Gasteiger charge is 2.18. The van der Waals surface area contributed by atoms with Crippen molar-refractivity contribution < 1.29 is 14.7 Å². The lowest BCUT2D eigenvalue weighted by Crippen LogP contribution is -2.40. The van der Waals surface area contributed by atoms with Gasteiger partial charge in [0.25, 0.3) is 0 Å². The summed E-state index contributed by atoms with van der Waals surface area (Å²) in [5.74, 6) is -0.610. The molecule has 0 heterocycles. The third kappa shape index (κ3) is 5.30. The van der Waals surface area contributed by atoms with Crippen molar-refractivity contribution in [1.82, 2.24) is 4.90 Å². The average molecular weight is 290 g/mol. The van der Waals surface area contributed by atoms with Crippen LogP contribution in [0.5, 0.6) is 0 Å². The van der Waals surface area contributed by atoms with Crippen LogP contribution in [0.4, 0.5) is 10.5 Å². The van der Waals surface area contributed by atoms with E-state index >= 15 is 0 Å². The highest BCUT2D eigenvalue weighted by Crippen LogP contribution is 2.14. The number of amides is 2. The number of carboxylic acid groups (broad SMARTS) is 1. The van der Waals surface area contributed by atoms with Crippen molar-refractivity contribution in [3.8, 4) is 0 Å². The standard InChI is InChI=1S/C16H22N2O3/c1-11(2)12(3)18(4)16(21)17-14-8-5-13(6-9-14)7-10-15(19)20/h5-12H,1-4H3,(H,17,21)(H,19,20). The molecule has 1 unspecified atom stereocenters. The molecule has 1 rings (SSSR count). The highest BCUT2D eigenvalue weighted by molar-refractivity contribution is 5.89. The second-order valence-electron chi connectivity index (χ2n) is 5.32. The van der Waals surface area contributed by atoms with Gasteiger partial charge in [-0.1, -0.05) is 26.0 Å². The molecule has 2 amide bonds. The van der Waals surface area contributed by atoms with E-state index in [1.54, 1.807) is 36.2 Å². The lowest BCUT2D eigenvalue weighted by atomic mass is 10.1. The molecule has 21 heavy (non-hydrogen) atoms. The summed E-state index contributed by atoms with van der Waals surface area (Å²) in [4.78, 5) is 24.2. The molecule has 114 valence electrons. The zero-order valence-electron chi connectivity index (χ0n) is 12.8. The van der Waals surface area contributed by atoms with Gasteiger partial charge in [-0.05, 0) is 36.6 Å². The summed E-state index contributed by atoms with van der Waals surface area (Å²) < 4.78 is 0. The minimum Gasteiger partial charge on any atom is -0.478 e. The number of hydrogen-bond donors (Lipinski definition) is 2. The number of carbonyl (C=O) groups excluding carboxylic acids is 1. The number of aliphatic carboxylic acids is 1. The zero-order chi connectivity index (χ0) is 16.0. The molecule has 0 aliphatic carbocycles. The van der Waals surface area contributed by atoms with Gasteiger partial charge in [0.05, 0.1) is 0 Å². The number of benzene rings is 1. The molecule has 1 aromatic rings. The Bertz CT molecular complexity index is 521. The molecule has 0 saturated heterocycles. The monoisotopic (exact) mass is 290 g/mol. The number of carboxylic acids is 1. The number of nitrogens with zero attached hydrogens (tertiary/aromatic N) is 1. The fourth-order valence-corrected chi connectivity index (χ4v) is 1.69. The van der Waals surface area contributed by atoms with Gasteiger partial charge < -0.3 is 15.3 Å². The van der Waals surface area contributed by atoms with E-state index < -0.39 is 5.97 Å². The van der Waals surface area contributed by atoms with Crippen LogP contribution in [0.1, 0.15) is 26.3 Å². The van der Waals surface area contributed by atoms with Crippen molar-refractivity contribution in [3.05, 3.63) is 35.9 Å². The lowest BCUT2D eigenvalue weighted by molar-refractivity contribution is -0.131. The molecular formula is C16H22N2O3. The van der Waals surface area contributed by atoms with Crippen LogP contribution in [-0.2, 0) is 4.79 Å². The zero-order valence-corrected chi connectivity index (χ0v) is 12.8. The fraction of sp³-hybridized carbons (Fsp3) is 0.375. The third-order valence-corrected chi connectivity index (χ3v) is 3.48. The average Bonchev–Trinajstić information content (AvgIpc) is 2.44. The van der Waals surface area contributed by atoms with Gasteiger partial charge in [0.15, 0.2) is 0 Å². The molecule has 0 bridgehead atoms. The number of rotatable bonds is 5. The molecule has 0 aliphatic rings. The molecule has 0 aliphatic heterocycles. The van der Waals surface area contributed by atoms with Gasteiger partial charge in [-0.2, -0.15) is 0 Å². The predicted octanol–water partition coefficient (Wildman–Crippen LogP) is 3.29. The SMILES string of the molecule is CC(C)C(C)N(C)C(=O)Nc1ccc(C=CC(=O)O)cc1. The van der Waals surface area contributed by atoms with E-state index in [2.05, 4.69) is 19.2 Å². The van der Waals surface area contributed by atoms with E-state index in [1.807, 2.05) is 6.92 Å².